The number of fused-ring (bicyclic) bond motifs is 3. The molecule has 3 aromatic carbocycles. The quantitative estimate of drug-likeness (QED) is 0.446. The van der Waals surface area contributed by atoms with Crippen LogP contribution in [0.25, 0.3) is 16.8 Å². The van der Waals surface area contributed by atoms with Gasteiger partial charge in [-0.2, -0.15) is 13.2 Å². The van der Waals surface area contributed by atoms with Gasteiger partial charge in [0.1, 0.15) is 11.5 Å². The molecule has 1 aliphatic carbocycles. The molecule has 0 aromatic heterocycles. The molecule has 0 heterocycles. The molecular weight excluding hydrogens is 363 g/mol. The summed E-state index contributed by atoms with van der Waals surface area (Å²) in [6.45, 7) is 1.85. The first-order valence-corrected chi connectivity index (χ1v) is 8.90. The van der Waals surface area contributed by atoms with Crippen molar-refractivity contribution >= 4 is 5.70 Å². The van der Waals surface area contributed by atoms with Gasteiger partial charge in [0.2, 0.25) is 0 Å². The number of halogens is 3. The van der Waals surface area contributed by atoms with Crippen LogP contribution >= 0.6 is 0 Å². The molecule has 0 aliphatic heterocycles. The average Bonchev–Trinajstić information content (AvgIpc) is 3.07. The molecule has 2 N–H and O–H groups in total. The number of allylic oxidation sites excluding steroid dienone is 1. The van der Waals surface area contributed by atoms with Crippen molar-refractivity contribution in [1.82, 2.24) is 0 Å². The van der Waals surface area contributed by atoms with Crippen LogP contribution in [0.4, 0.5) is 13.2 Å². The van der Waals surface area contributed by atoms with Crippen LogP contribution in [0, 0.1) is 0 Å². The Kier molecular flexibility index (Phi) is 4.38. The second-order valence-electron chi connectivity index (χ2n) is 6.67. The maximum Gasteiger partial charge on any atom is 0.417 e. The summed E-state index contributed by atoms with van der Waals surface area (Å²) in [6, 6.07) is 16.9. The van der Waals surface area contributed by atoms with E-state index in [1.807, 2.05) is 31.2 Å². The zero-order chi connectivity index (χ0) is 19.9. The Morgan fingerprint density at radius 1 is 1.00 bits per heavy atom. The molecule has 1 aliphatic rings. The minimum Gasteiger partial charge on any atom is -0.457 e. The molecule has 0 spiro atoms. The smallest absolute Gasteiger partial charge is 0.417 e. The Labute approximate surface area is 161 Å². The summed E-state index contributed by atoms with van der Waals surface area (Å²) in [7, 11) is 0. The van der Waals surface area contributed by atoms with Gasteiger partial charge in [0.25, 0.3) is 0 Å². The van der Waals surface area contributed by atoms with Gasteiger partial charge in [-0.05, 0) is 60.0 Å². The van der Waals surface area contributed by atoms with E-state index in [4.69, 9.17) is 10.5 Å². The minimum atomic E-state index is -4.42. The lowest BCUT2D eigenvalue weighted by Gasteiger charge is -2.16. The normalized spacial score (nSPS) is 13.2. The van der Waals surface area contributed by atoms with Gasteiger partial charge in [0.15, 0.2) is 0 Å². The molecule has 142 valence electrons. The van der Waals surface area contributed by atoms with E-state index in [1.165, 1.54) is 6.07 Å². The molecule has 0 amide bonds. The summed E-state index contributed by atoms with van der Waals surface area (Å²) in [5.74, 6) is 0.983. The van der Waals surface area contributed by atoms with Gasteiger partial charge >= 0.3 is 6.18 Å². The highest BCUT2D eigenvalue weighted by Crippen LogP contribution is 2.48. The molecular formula is C23H18F3NO. The third-order valence-corrected chi connectivity index (χ3v) is 4.96. The van der Waals surface area contributed by atoms with Crippen LogP contribution in [-0.2, 0) is 12.6 Å². The number of rotatable bonds is 3. The predicted molar refractivity (Wildman–Crippen MR) is 104 cm³/mol. The first kappa shape index (κ1) is 18.2. The van der Waals surface area contributed by atoms with Gasteiger partial charge in [-0.1, -0.05) is 30.3 Å². The lowest BCUT2D eigenvalue weighted by atomic mass is 9.98. The summed E-state index contributed by atoms with van der Waals surface area (Å²) in [4.78, 5) is 0. The second kappa shape index (κ2) is 6.75. The van der Waals surface area contributed by atoms with Crippen molar-refractivity contribution in [3.63, 3.8) is 0 Å². The first-order chi connectivity index (χ1) is 13.4. The summed E-state index contributed by atoms with van der Waals surface area (Å²) in [5.41, 5.74) is 9.04. The van der Waals surface area contributed by atoms with E-state index in [0.717, 1.165) is 17.2 Å². The van der Waals surface area contributed by atoms with Gasteiger partial charge in [-0.3, -0.25) is 0 Å². The van der Waals surface area contributed by atoms with Gasteiger partial charge in [0, 0.05) is 23.2 Å². The van der Waals surface area contributed by atoms with E-state index < -0.39 is 11.7 Å². The van der Waals surface area contributed by atoms with Crippen molar-refractivity contribution in [3.8, 4) is 22.6 Å². The lowest BCUT2D eigenvalue weighted by Crippen LogP contribution is -2.08. The van der Waals surface area contributed by atoms with Gasteiger partial charge < -0.3 is 10.5 Å². The fourth-order valence-electron chi connectivity index (χ4n) is 3.56. The molecule has 0 saturated carbocycles. The molecule has 0 unspecified atom stereocenters. The third kappa shape index (κ3) is 3.13. The van der Waals surface area contributed by atoms with Crippen LogP contribution in [0.15, 0.2) is 66.7 Å². The van der Waals surface area contributed by atoms with Crippen LogP contribution in [0.1, 0.15) is 29.2 Å². The molecule has 5 heteroatoms. The van der Waals surface area contributed by atoms with Crippen LogP contribution < -0.4 is 10.5 Å². The highest BCUT2D eigenvalue weighted by atomic mass is 19.4. The number of nitrogens with two attached hydrogens (primary N) is 1. The van der Waals surface area contributed by atoms with Crippen molar-refractivity contribution in [2.75, 3.05) is 0 Å². The Morgan fingerprint density at radius 2 is 1.71 bits per heavy atom. The van der Waals surface area contributed by atoms with Gasteiger partial charge in [0.05, 0.1) is 5.56 Å². The number of alkyl halides is 3. The highest BCUT2D eigenvalue weighted by Gasteiger charge is 2.38. The van der Waals surface area contributed by atoms with Crippen LogP contribution in [0.2, 0.25) is 0 Å². The summed E-state index contributed by atoms with van der Waals surface area (Å²) in [5, 5.41) is 0. The van der Waals surface area contributed by atoms with Gasteiger partial charge in [-0.25, -0.2) is 0 Å². The summed E-state index contributed by atoms with van der Waals surface area (Å²) >= 11 is 0. The van der Waals surface area contributed by atoms with Crippen LogP contribution in [-0.4, -0.2) is 0 Å². The molecule has 0 fully saturated rings. The van der Waals surface area contributed by atoms with Crippen molar-refractivity contribution < 1.29 is 17.9 Å². The van der Waals surface area contributed by atoms with Crippen molar-refractivity contribution in [2.45, 2.75) is 19.5 Å². The zero-order valence-corrected chi connectivity index (χ0v) is 15.2. The Morgan fingerprint density at radius 3 is 2.39 bits per heavy atom. The molecule has 2 nitrogen and oxygen atoms in total. The fraction of sp³-hybridized carbons (Fsp3) is 0.130. The second-order valence-corrected chi connectivity index (χ2v) is 6.67. The maximum atomic E-state index is 13.6. The van der Waals surface area contributed by atoms with Crippen LogP contribution in [0.5, 0.6) is 11.5 Å². The van der Waals surface area contributed by atoms with Crippen molar-refractivity contribution in [3.05, 3.63) is 89.0 Å². The number of benzene rings is 3. The Balaban J connectivity index is 1.76. The number of ether oxygens (including phenoxy) is 1. The molecule has 3 aromatic rings. The summed E-state index contributed by atoms with van der Waals surface area (Å²) < 4.78 is 46.7. The average molecular weight is 381 g/mol. The van der Waals surface area contributed by atoms with Crippen LogP contribution in [0.3, 0.4) is 0 Å². The Hall–Kier alpha value is -3.21. The summed E-state index contributed by atoms with van der Waals surface area (Å²) in [6.07, 6.45) is -2.21. The lowest BCUT2D eigenvalue weighted by molar-refractivity contribution is -0.137. The molecule has 0 atom stereocenters. The maximum absolute atomic E-state index is 13.6. The number of hydrogen-bond acceptors (Lipinski definition) is 2. The van der Waals surface area contributed by atoms with Crippen molar-refractivity contribution in [1.29, 1.82) is 0 Å². The molecule has 0 saturated heterocycles. The minimum absolute atomic E-state index is 0.218. The first-order valence-electron chi connectivity index (χ1n) is 8.90. The van der Waals surface area contributed by atoms with Crippen molar-refractivity contribution in [2.24, 2.45) is 5.73 Å². The van der Waals surface area contributed by atoms with E-state index in [2.05, 4.69) is 0 Å². The Bertz CT molecular complexity index is 1070. The molecule has 4 rings (SSSR count). The third-order valence-electron chi connectivity index (χ3n) is 4.96. The van der Waals surface area contributed by atoms with E-state index >= 15 is 0 Å². The standard InChI is InChI=1S/C23H18F3NO/c1-2-20(27)14-7-9-16(10-8-14)28-21-12-11-19(23(24,25)26)22-17-6-4-3-5-15(17)13-18(21)22/h2-12H,13,27H2,1H3. The molecule has 28 heavy (non-hydrogen) atoms. The molecule has 0 radical (unpaired) electrons. The monoisotopic (exact) mass is 381 g/mol. The predicted octanol–water partition coefficient (Wildman–Crippen LogP) is 6.39. The largest absolute Gasteiger partial charge is 0.457 e. The van der Waals surface area contributed by atoms with E-state index in [1.54, 1.807) is 30.3 Å². The van der Waals surface area contributed by atoms with Gasteiger partial charge in [-0.15, -0.1) is 0 Å². The topological polar surface area (TPSA) is 35.2 Å². The fourth-order valence-corrected chi connectivity index (χ4v) is 3.56. The zero-order valence-electron chi connectivity index (χ0n) is 15.2. The highest BCUT2D eigenvalue weighted by molar-refractivity contribution is 5.82. The van der Waals surface area contributed by atoms with E-state index in [-0.39, 0.29) is 5.56 Å². The van der Waals surface area contributed by atoms with E-state index in [9.17, 15) is 13.2 Å². The number of hydrogen-bond donors (Lipinski definition) is 1. The van der Waals surface area contributed by atoms with E-state index in [0.29, 0.717) is 34.7 Å². The SMILES string of the molecule is CC=C(N)c1ccc(Oc2ccc(C(F)(F)F)c3c2Cc2ccccc2-3)cc1. The molecule has 0 bridgehead atoms.